The molecule has 0 radical (unpaired) electrons. The zero-order chi connectivity index (χ0) is 16.7. The van der Waals surface area contributed by atoms with Gasteiger partial charge in [0.05, 0.1) is 27.4 Å². The van der Waals surface area contributed by atoms with Gasteiger partial charge in [-0.3, -0.25) is 0 Å². The molecule has 2 rings (SSSR count). The van der Waals surface area contributed by atoms with Crippen molar-refractivity contribution in [3.63, 3.8) is 0 Å². The number of rotatable bonds is 6. The minimum Gasteiger partial charge on any atom is -0.492 e. The Balaban J connectivity index is 1.69. The molecule has 0 saturated heterocycles. The zero-order valence-electron chi connectivity index (χ0n) is 12.1. The van der Waals surface area contributed by atoms with E-state index >= 15 is 0 Å². The summed E-state index contributed by atoms with van der Waals surface area (Å²) in [7, 11) is 0. The molecule has 2 N–H and O–H groups in total. The second-order valence-electron chi connectivity index (χ2n) is 4.61. The summed E-state index contributed by atoms with van der Waals surface area (Å²) in [4.78, 5) is 11.8. The van der Waals surface area contributed by atoms with Crippen LogP contribution in [-0.2, 0) is 0 Å². The van der Waals surface area contributed by atoms with Crippen LogP contribution in [-0.4, -0.2) is 19.2 Å². The van der Waals surface area contributed by atoms with Crippen LogP contribution in [0.1, 0.15) is 6.42 Å². The topological polar surface area (TPSA) is 50.4 Å². The smallest absolute Gasteiger partial charge is 0.319 e. The van der Waals surface area contributed by atoms with Crippen molar-refractivity contribution < 1.29 is 9.53 Å². The van der Waals surface area contributed by atoms with Gasteiger partial charge in [-0.25, -0.2) is 4.79 Å². The van der Waals surface area contributed by atoms with Crippen molar-refractivity contribution in [3.8, 4) is 5.75 Å². The second-order valence-corrected chi connectivity index (χ2v) is 5.81. The van der Waals surface area contributed by atoms with Gasteiger partial charge in [0.25, 0.3) is 0 Å². The van der Waals surface area contributed by atoms with Crippen molar-refractivity contribution in [3.05, 3.63) is 57.5 Å². The van der Waals surface area contributed by atoms with E-state index in [1.807, 2.05) is 12.1 Å². The Morgan fingerprint density at radius 3 is 2.52 bits per heavy atom. The maximum Gasteiger partial charge on any atom is 0.319 e. The van der Waals surface area contributed by atoms with Crippen LogP contribution < -0.4 is 15.4 Å². The zero-order valence-corrected chi connectivity index (χ0v) is 14.4. The summed E-state index contributed by atoms with van der Waals surface area (Å²) in [5.41, 5.74) is 0.462. The maximum absolute atomic E-state index is 11.8. The highest BCUT2D eigenvalue weighted by atomic mass is 35.5. The first-order chi connectivity index (χ1) is 11.1. The average molecular weight is 374 g/mol. The number of halogens is 3. The lowest BCUT2D eigenvalue weighted by Crippen LogP contribution is -2.30. The minimum absolute atomic E-state index is 0.311. The normalized spacial score (nSPS) is 10.2. The number of carbonyl (C=O) groups excluding carboxylic acids is 1. The number of ether oxygens (including phenoxy) is 1. The molecule has 7 heteroatoms. The van der Waals surface area contributed by atoms with Gasteiger partial charge in [0, 0.05) is 6.54 Å². The van der Waals surface area contributed by atoms with Crippen molar-refractivity contribution in [1.82, 2.24) is 5.32 Å². The number of anilines is 1. The van der Waals surface area contributed by atoms with Crippen LogP contribution in [0.4, 0.5) is 10.5 Å². The Kier molecular flexibility index (Phi) is 6.84. The summed E-state index contributed by atoms with van der Waals surface area (Å²) in [6.07, 6.45) is 0.641. The van der Waals surface area contributed by atoms with Crippen molar-refractivity contribution in [2.45, 2.75) is 6.42 Å². The van der Waals surface area contributed by atoms with Crippen molar-refractivity contribution in [2.24, 2.45) is 0 Å². The fourth-order valence-corrected chi connectivity index (χ4v) is 2.32. The van der Waals surface area contributed by atoms with Gasteiger partial charge in [-0.15, -0.1) is 0 Å². The van der Waals surface area contributed by atoms with E-state index in [2.05, 4.69) is 10.6 Å². The monoisotopic (exact) mass is 372 g/mol. The quantitative estimate of drug-likeness (QED) is 0.681. The number of benzene rings is 2. The number of hydrogen-bond donors (Lipinski definition) is 2. The van der Waals surface area contributed by atoms with Crippen LogP contribution in [0.2, 0.25) is 15.1 Å². The summed E-state index contributed by atoms with van der Waals surface area (Å²) < 4.78 is 5.53. The van der Waals surface area contributed by atoms with Gasteiger partial charge < -0.3 is 15.4 Å². The Labute approximate surface area is 149 Å². The summed E-state index contributed by atoms with van der Waals surface area (Å²) >= 11 is 17.9. The van der Waals surface area contributed by atoms with Gasteiger partial charge in [-0.1, -0.05) is 53.0 Å². The third kappa shape index (κ3) is 5.50. The fraction of sp³-hybridized carbons (Fsp3) is 0.188. The molecule has 0 atom stereocenters. The van der Waals surface area contributed by atoms with E-state index in [4.69, 9.17) is 39.5 Å². The van der Waals surface area contributed by atoms with Gasteiger partial charge in [0.2, 0.25) is 0 Å². The average Bonchev–Trinajstić information content (AvgIpc) is 2.53. The lowest BCUT2D eigenvalue weighted by molar-refractivity contribution is 0.250. The number of hydrogen-bond acceptors (Lipinski definition) is 2. The number of amides is 2. The van der Waals surface area contributed by atoms with Crippen LogP contribution in [0, 0.1) is 0 Å². The van der Waals surface area contributed by atoms with Crippen molar-refractivity contribution in [2.75, 3.05) is 18.5 Å². The largest absolute Gasteiger partial charge is 0.492 e. The van der Waals surface area contributed by atoms with E-state index < -0.39 is 0 Å². The predicted molar refractivity (Wildman–Crippen MR) is 95.0 cm³/mol. The fourth-order valence-electron chi connectivity index (χ4n) is 1.78. The molecule has 0 aliphatic rings. The molecule has 2 aromatic rings. The van der Waals surface area contributed by atoms with E-state index in [0.717, 1.165) is 0 Å². The molecule has 2 aromatic carbocycles. The minimum atomic E-state index is -0.355. The van der Waals surface area contributed by atoms with E-state index in [0.29, 0.717) is 46.1 Å². The Morgan fingerprint density at radius 2 is 1.74 bits per heavy atom. The predicted octanol–water partition coefficient (Wildman–Crippen LogP) is 5.24. The molecule has 0 fully saturated rings. The molecular weight excluding hydrogens is 359 g/mol. The van der Waals surface area contributed by atoms with Crippen molar-refractivity contribution >= 4 is 46.5 Å². The first kappa shape index (κ1) is 17.7. The van der Waals surface area contributed by atoms with Gasteiger partial charge in [0.15, 0.2) is 0 Å². The molecule has 0 aliphatic carbocycles. The van der Waals surface area contributed by atoms with Crippen LogP contribution in [0.15, 0.2) is 42.5 Å². The van der Waals surface area contributed by atoms with E-state index in [-0.39, 0.29) is 6.03 Å². The number of nitrogens with one attached hydrogen (secondary N) is 2. The maximum atomic E-state index is 11.8. The standard InChI is InChI=1S/C16H15Cl3N2O2/c17-11-5-1-2-8-14(11)23-10-4-9-20-16(22)21-13-7-3-6-12(18)15(13)19/h1-3,5-8H,4,9-10H2,(H2,20,21,22). The molecule has 122 valence electrons. The molecule has 0 heterocycles. The van der Waals surface area contributed by atoms with Crippen molar-refractivity contribution in [1.29, 1.82) is 0 Å². The molecule has 0 aliphatic heterocycles. The highest BCUT2D eigenvalue weighted by Gasteiger charge is 2.07. The summed E-state index contributed by atoms with van der Waals surface area (Å²) in [5, 5.41) is 6.62. The van der Waals surface area contributed by atoms with Gasteiger partial charge >= 0.3 is 6.03 Å². The summed E-state index contributed by atoms with van der Waals surface area (Å²) in [5.74, 6) is 0.629. The molecule has 23 heavy (non-hydrogen) atoms. The van der Waals surface area contributed by atoms with Gasteiger partial charge in [-0.2, -0.15) is 0 Å². The molecule has 0 bridgehead atoms. The Bertz CT molecular complexity index is 680. The highest BCUT2D eigenvalue weighted by molar-refractivity contribution is 6.43. The lowest BCUT2D eigenvalue weighted by Gasteiger charge is -2.10. The molecule has 0 unspecified atom stereocenters. The lowest BCUT2D eigenvalue weighted by atomic mass is 10.3. The van der Waals surface area contributed by atoms with Crippen LogP contribution in [0.25, 0.3) is 0 Å². The Hall–Kier alpha value is -1.62. The Morgan fingerprint density at radius 1 is 1.00 bits per heavy atom. The highest BCUT2D eigenvalue weighted by Crippen LogP contribution is 2.29. The number of para-hydroxylation sites is 1. The van der Waals surface area contributed by atoms with Crippen LogP contribution in [0.5, 0.6) is 5.75 Å². The SMILES string of the molecule is O=C(NCCCOc1ccccc1Cl)Nc1cccc(Cl)c1Cl. The van der Waals surface area contributed by atoms with E-state index in [1.54, 1.807) is 30.3 Å². The molecule has 0 saturated carbocycles. The molecule has 0 aromatic heterocycles. The third-order valence-electron chi connectivity index (χ3n) is 2.90. The summed E-state index contributed by atoms with van der Waals surface area (Å²) in [6, 6.07) is 11.9. The van der Waals surface area contributed by atoms with E-state index in [9.17, 15) is 4.79 Å². The van der Waals surface area contributed by atoms with Crippen LogP contribution >= 0.6 is 34.8 Å². The second kappa shape index (κ2) is 8.87. The molecule has 4 nitrogen and oxygen atoms in total. The molecule has 0 spiro atoms. The molecule has 2 amide bonds. The van der Waals surface area contributed by atoms with Crippen LogP contribution in [0.3, 0.4) is 0 Å². The molecular formula is C16H15Cl3N2O2. The van der Waals surface area contributed by atoms with E-state index in [1.165, 1.54) is 0 Å². The summed E-state index contributed by atoms with van der Waals surface area (Å²) in [6.45, 7) is 0.899. The number of urea groups is 1. The first-order valence-electron chi connectivity index (χ1n) is 6.94. The first-order valence-corrected chi connectivity index (χ1v) is 8.07. The van der Waals surface area contributed by atoms with Gasteiger partial charge in [-0.05, 0) is 30.7 Å². The third-order valence-corrected chi connectivity index (χ3v) is 4.03. The number of carbonyl (C=O) groups is 1. The van der Waals surface area contributed by atoms with Gasteiger partial charge in [0.1, 0.15) is 5.75 Å².